The van der Waals surface area contributed by atoms with Crippen LogP contribution in [0.3, 0.4) is 0 Å². The number of carbonyl (C=O) groups excluding carboxylic acids is 2. The molecule has 2 aliphatic rings. The zero-order valence-electron chi connectivity index (χ0n) is 15.5. The molecule has 0 spiro atoms. The van der Waals surface area contributed by atoms with Gasteiger partial charge in [0, 0.05) is 11.4 Å². The summed E-state index contributed by atoms with van der Waals surface area (Å²) in [5.74, 6) is 0.328. The lowest BCUT2D eigenvalue weighted by atomic mass is 9.86. The molecule has 0 atom stereocenters. The molecule has 140 valence electrons. The molecule has 0 aliphatic heterocycles. The fourth-order valence-corrected chi connectivity index (χ4v) is 3.07. The number of hydrogen-bond acceptors (Lipinski definition) is 5. The van der Waals surface area contributed by atoms with Gasteiger partial charge < -0.3 is 15.8 Å². The van der Waals surface area contributed by atoms with E-state index in [1.165, 1.54) is 37.5 Å². The van der Waals surface area contributed by atoms with Crippen molar-refractivity contribution in [1.82, 2.24) is 0 Å². The smallest absolute Gasteiger partial charge is 0.188 e. The number of anilines is 1. The van der Waals surface area contributed by atoms with Gasteiger partial charge in [-0.05, 0) is 55.0 Å². The van der Waals surface area contributed by atoms with Gasteiger partial charge in [0.25, 0.3) is 0 Å². The molecule has 0 aromatic heterocycles. The van der Waals surface area contributed by atoms with Gasteiger partial charge in [0.05, 0.1) is 23.5 Å². The average molecular weight is 364 g/mol. The minimum absolute atomic E-state index is 0.230. The lowest BCUT2D eigenvalue weighted by Crippen LogP contribution is -2.24. The van der Waals surface area contributed by atoms with Crippen LogP contribution in [-0.4, -0.2) is 18.2 Å². The predicted molar refractivity (Wildman–Crippen MR) is 106 cm³/mol. The molecule has 0 heterocycles. The Morgan fingerprint density at radius 1 is 0.889 bits per heavy atom. The van der Waals surface area contributed by atoms with Crippen molar-refractivity contribution in [2.45, 2.75) is 32.6 Å². The number of unbranched alkanes of at least 4 members (excludes halogenated alkanes) is 3. The molecule has 0 saturated carbocycles. The van der Waals surface area contributed by atoms with Crippen LogP contribution in [0, 0.1) is 0 Å². The highest BCUT2D eigenvalue weighted by molar-refractivity contribution is 6.23. The summed E-state index contributed by atoms with van der Waals surface area (Å²) in [6, 6.07) is 7.54. The molecule has 0 bridgehead atoms. The van der Waals surface area contributed by atoms with Crippen LogP contribution in [0.2, 0.25) is 0 Å². The molecule has 5 heteroatoms. The minimum Gasteiger partial charge on any atom is -0.494 e. The second-order valence-electron chi connectivity index (χ2n) is 6.57. The van der Waals surface area contributed by atoms with Crippen molar-refractivity contribution in [1.29, 1.82) is 0 Å². The van der Waals surface area contributed by atoms with Crippen LogP contribution in [0.15, 0.2) is 71.1 Å². The number of carbonyl (C=O) groups is 2. The molecule has 1 aromatic carbocycles. The zero-order valence-corrected chi connectivity index (χ0v) is 15.5. The van der Waals surface area contributed by atoms with E-state index >= 15 is 0 Å². The summed E-state index contributed by atoms with van der Waals surface area (Å²) >= 11 is 0. The van der Waals surface area contributed by atoms with Crippen molar-refractivity contribution in [3.05, 3.63) is 71.1 Å². The second-order valence-corrected chi connectivity index (χ2v) is 6.57. The van der Waals surface area contributed by atoms with E-state index in [9.17, 15) is 9.59 Å². The molecule has 3 N–H and O–H groups in total. The van der Waals surface area contributed by atoms with Crippen LogP contribution in [-0.2, 0) is 9.59 Å². The Kier molecular flexibility index (Phi) is 5.91. The van der Waals surface area contributed by atoms with Crippen LogP contribution in [0.25, 0.3) is 0 Å². The fourth-order valence-electron chi connectivity index (χ4n) is 3.07. The van der Waals surface area contributed by atoms with E-state index in [2.05, 4.69) is 12.2 Å². The Hall–Kier alpha value is -3.08. The molecule has 0 saturated heterocycles. The highest BCUT2D eigenvalue weighted by Gasteiger charge is 2.29. The van der Waals surface area contributed by atoms with E-state index in [0.717, 1.165) is 17.9 Å². The van der Waals surface area contributed by atoms with Crippen molar-refractivity contribution < 1.29 is 14.3 Å². The molecule has 0 unspecified atom stereocenters. The highest BCUT2D eigenvalue weighted by atomic mass is 16.5. The zero-order chi connectivity index (χ0) is 19.2. The largest absolute Gasteiger partial charge is 0.494 e. The first-order valence-corrected chi connectivity index (χ1v) is 9.29. The maximum Gasteiger partial charge on any atom is 0.188 e. The third kappa shape index (κ3) is 4.37. The quantitative estimate of drug-likeness (QED) is 0.686. The van der Waals surface area contributed by atoms with Gasteiger partial charge in [-0.3, -0.25) is 9.59 Å². The van der Waals surface area contributed by atoms with Gasteiger partial charge in [-0.2, -0.15) is 0 Å². The summed E-state index contributed by atoms with van der Waals surface area (Å²) in [5, 5.41) is 3.20. The summed E-state index contributed by atoms with van der Waals surface area (Å²) in [6.45, 7) is 2.89. The molecule has 0 radical (unpaired) electrons. The predicted octanol–water partition coefficient (Wildman–Crippen LogP) is 3.80. The number of fused-ring (bicyclic) bond motifs is 1. The van der Waals surface area contributed by atoms with E-state index < -0.39 is 0 Å². The molecule has 5 nitrogen and oxygen atoms in total. The number of benzene rings is 1. The topological polar surface area (TPSA) is 81.4 Å². The maximum atomic E-state index is 12.3. The standard InChI is InChI=1S/C22H24N2O3/c1-2-3-4-5-14-27-16-8-6-15(7-9-16)24-18-11-13-19(25)21-17(23)10-12-20(26)22(18)21/h6-13,24H,2-5,14,23H2,1H3. The summed E-state index contributed by atoms with van der Waals surface area (Å²) < 4.78 is 5.74. The van der Waals surface area contributed by atoms with E-state index in [0.29, 0.717) is 23.6 Å². The first-order chi connectivity index (χ1) is 13.1. The van der Waals surface area contributed by atoms with E-state index in [1.807, 2.05) is 24.3 Å². The van der Waals surface area contributed by atoms with Gasteiger partial charge in [0.1, 0.15) is 5.75 Å². The summed E-state index contributed by atoms with van der Waals surface area (Å²) in [5.41, 5.74) is 8.16. The van der Waals surface area contributed by atoms with Gasteiger partial charge in [-0.1, -0.05) is 26.2 Å². The van der Waals surface area contributed by atoms with Crippen LogP contribution in [0.1, 0.15) is 32.6 Å². The van der Waals surface area contributed by atoms with Gasteiger partial charge in [-0.15, -0.1) is 0 Å². The number of nitrogens with one attached hydrogen (secondary N) is 1. The highest BCUT2D eigenvalue weighted by Crippen LogP contribution is 2.29. The van der Waals surface area contributed by atoms with Crippen LogP contribution in [0.5, 0.6) is 5.75 Å². The Morgan fingerprint density at radius 3 is 2.33 bits per heavy atom. The Bertz CT molecular complexity index is 858. The normalized spacial score (nSPS) is 16.0. The van der Waals surface area contributed by atoms with Crippen molar-refractivity contribution >= 4 is 17.3 Å². The SMILES string of the molecule is CCCCCCOc1ccc(NC2=C3C(=O)C=CC(N)=C3C(=O)C=C2)cc1. The van der Waals surface area contributed by atoms with Crippen molar-refractivity contribution in [2.24, 2.45) is 5.73 Å². The Morgan fingerprint density at radius 2 is 1.59 bits per heavy atom. The number of hydrogen-bond donors (Lipinski definition) is 2. The summed E-state index contributed by atoms with van der Waals surface area (Å²) in [4.78, 5) is 24.4. The van der Waals surface area contributed by atoms with E-state index in [-0.39, 0.29) is 17.1 Å². The Balaban J connectivity index is 1.70. The lowest BCUT2D eigenvalue weighted by molar-refractivity contribution is -0.114. The van der Waals surface area contributed by atoms with Crippen LogP contribution < -0.4 is 15.8 Å². The monoisotopic (exact) mass is 364 g/mol. The average Bonchev–Trinajstić information content (AvgIpc) is 2.67. The third-order valence-corrected chi connectivity index (χ3v) is 4.52. The fraction of sp³-hybridized carbons (Fsp3) is 0.273. The number of rotatable bonds is 8. The number of allylic oxidation sites excluding steroid dienone is 6. The molecule has 1 aromatic rings. The minimum atomic E-state index is -0.252. The van der Waals surface area contributed by atoms with Gasteiger partial charge >= 0.3 is 0 Å². The Labute approximate surface area is 159 Å². The first-order valence-electron chi connectivity index (χ1n) is 9.29. The maximum absolute atomic E-state index is 12.3. The van der Waals surface area contributed by atoms with Crippen LogP contribution >= 0.6 is 0 Å². The summed E-state index contributed by atoms with van der Waals surface area (Å²) in [7, 11) is 0. The lowest BCUT2D eigenvalue weighted by Gasteiger charge is -2.21. The molecule has 0 fully saturated rings. The number of nitrogens with two attached hydrogens (primary N) is 1. The molecule has 27 heavy (non-hydrogen) atoms. The molecule has 0 amide bonds. The van der Waals surface area contributed by atoms with E-state index in [1.54, 1.807) is 6.08 Å². The first kappa shape index (κ1) is 18.7. The third-order valence-electron chi connectivity index (χ3n) is 4.52. The molecular formula is C22H24N2O3. The number of ketones is 2. The molecule has 3 rings (SSSR count). The van der Waals surface area contributed by atoms with Crippen LogP contribution in [0.4, 0.5) is 5.69 Å². The second kappa shape index (κ2) is 8.54. The molecule has 2 aliphatic carbocycles. The summed E-state index contributed by atoms with van der Waals surface area (Å²) in [6.07, 6.45) is 10.6. The number of ether oxygens (including phenoxy) is 1. The van der Waals surface area contributed by atoms with E-state index in [4.69, 9.17) is 10.5 Å². The van der Waals surface area contributed by atoms with Gasteiger partial charge in [-0.25, -0.2) is 0 Å². The van der Waals surface area contributed by atoms with Crippen molar-refractivity contribution in [3.63, 3.8) is 0 Å². The van der Waals surface area contributed by atoms with Crippen molar-refractivity contribution in [3.8, 4) is 5.75 Å². The van der Waals surface area contributed by atoms with Gasteiger partial charge in [0.15, 0.2) is 11.6 Å². The molecular weight excluding hydrogens is 340 g/mol. The van der Waals surface area contributed by atoms with Crippen molar-refractivity contribution in [2.75, 3.05) is 11.9 Å². The van der Waals surface area contributed by atoms with Gasteiger partial charge in [0.2, 0.25) is 0 Å².